The maximum absolute atomic E-state index is 14.3. The smallest absolute Gasteiger partial charge is 0.363 e. The second kappa shape index (κ2) is 7.89. The third-order valence-electron chi connectivity index (χ3n) is 7.23. The van der Waals surface area contributed by atoms with Crippen LogP contribution in [-0.2, 0) is 20.0 Å². The van der Waals surface area contributed by atoms with Crippen molar-refractivity contribution in [1.82, 2.24) is 24.5 Å². The Morgan fingerprint density at radius 2 is 1.97 bits per heavy atom. The van der Waals surface area contributed by atoms with E-state index in [4.69, 9.17) is 0 Å². The molecule has 1 aliphatic heterocycles. The Morgan fingerprint density at radius 1 is 1.24 bits per heavy atom. The molecule has 2 aromatic heterocycles. The summed E-state index contributed by atoms with van der Waals surface area (Å²) >= 11 is 0. The molecule has 5 rings (SSSR count). The van der Waals surface area contributed by atoms with Gasteiger partial charge in [0, 0.05) is 43.9 Å². The molecule has 180 valence electrons. The van der Waals surface area contributed by atoms with Crippen molar-refractivity contribution in [3.63, 3.8) is 0 Å². The molecular weight excluding hydrogens is 445 g/mol. The van der Waals surface area contributed by atoms with E-state index in [-0.39, 0.29) is 11.5 Å². The van der Waals surface area contributed by atoms with Crippen LogP contribution in [0.15, 0.2) is 30.3 Å². The minimum atomic E-state index is -4.49. The molecule has 1 N–H and O–H groups in total. The third kappa shape index (κ3) is 3.56. The molecule has 10 heteroatoms. The van der Waals surface area contributed by atoms with E-state index in [0.29, 0.717) is 19.4 Å². The molecule has 0 fully saturated rings. The van der Waals surface area contributed by atoms with Gasteiger partial charge < -0.3 is 10.2 Å². The Hall–Kier alpha value is -3.30. The number of nitrogens with zero attached hydrogens (tertiary/aromatic N) is 5. The van der Waals surface area contributed by atoms with E-state index in [1.807, 2.05) is 45.2 Å². The second-order valence-corrected chi connectivity index (χ2v) is 9.30. The van der Waals surface area contributed by atoms with E-state index in [1.54, 1.807) is 11.7 Å². The van der Waals surface area contributed by atoms with E-state index in [0.717, 1.165) is 32.8 Å². The summed E-state index contributed by atoms with van der Waals surface area (Å²) in [6.07, 6.45) is -3.52. The fraction of sp³-hybridized carbons (Fsp3) is 0.458. The topological polar surface area (TPSA) is 68.0 Å². The molecule has 1 aliphatic carbocycles. The van der Waals surface area contributed by atoms with Crippen molar-refractivity contribution < 1.29 is 18.0 Å². The van der Waals surface area contributed by atoms with Crippen molar-refractivity contribution in [3.8, 4) is 0 Å². The molecule has 3 aromatic rings. The summed E-state index contributed by atoms with van der Waals surface area (Å²) in [5.74, 6) is -0.926. The summed E-state index contributed by atoms with van der Waals surface area (Å²) in [6.45, 7) is 4.08. The van der Waals surface area contributed by atoms with E-state index < -0.39 is 30.1 Å². The molecule has 0 bridgehead atoms. The number of halogens is 3. The largest absolute Gasteiger partial charge is 0.411 e. The lowest BCUT2D eigenvalue weighted by atomic mass is 9.75. The zero-order valence-corrected chi connectivity index (χ0v) is 19.5. The Bertz CT molecular complexity index is 1260. The first kappa shape index (κ1) is 22.5. The van der Waals surface area contributed by atoms with Crippen LogP contribution in [0.3, 0.4) is 0 Å². The lowest BCUT2D eigenvalue weighted by Gasteiger charge is -2.43. The van der Waals surface area contributed by atoms with E-state index in [1.165, 1.54) is 11.0 Å². The normalized spacial score (nSPS) is 21.3. The number of rotatable bonds is 3. The number of alkyl halides is 3. The van der Waals surface area contributed by atoms with Gasteiger partial charge in [-0.3, -0.25) is 9.48 Å². The summed E-state index contributed by atoms with van der Waals surface area (Å²) in [7, 11) is 3.45. The minimum absolute atomic E-state index is 0.00891. The summed E-state index contributed by atoms with van der Waals surface area (Å²) in [5, 5.41) is 11.8. The molecule has 1 amide bonds. The molecular formula is C24H27F3N6O. The fourth-order valence-corrected chi connectivity index (χ4v) is 5.40. The van der Waals surface area contributed by atoms with Crippen LogP contribution in [0.2, 0.25) is 0 Å². The molecule has 3 unspecified atom stereocenters. The highest BCUT2D eigenvalue weighted by atomic mass is 19.4. The van der Waals surface area contributed by atoms with E-state index >= 15 is 0 Å². The Kier molecular flexibility index (Phi) is 5.22. The summed E-state index contributed by atoms with van der Waals surface area (Å²) in [4.78, 5) is 14.6. The maximum atomic E-state index is 14.3. The second-order valence-electron chi connectivity index (χ2n) is 9.30. The molecule has 0 saturated heterocycles. The van der Waals surface area contributed by atoms with Crippen molar-refractivity contribution in [2.75, 3.05) is 12.4 Å². The molecule has 34 heavy (non-hydrogen) atoms. The Balaban J connectivity index is 1.49. The quantitative estimate of drug-likeness (QED) is 0.616. The zero-order valence-electron chi connectivity index (χ0n) is 19.5. The van der Waals surface area contributed by atoms with Gasteiger partial charge in [-0.1, -0.05) is 24.3 Å². The minimum Gasteiger partial charge on any atom is -0.363 e. The average molecular weight is 473 g/mol. The average Bonchev–Trinajstić information content (AvgIpc) is 3.31. The van der Waals surface area contributed by atoms with Crippen LogP contribution < -0.4 is 5.32 Å². The number of anilines is 1. The summed E-state index contributed by atoms with van der Waals surface area (Å²) < 4.78 is 45.7. The zero-order chi connectivity index (χ0) is 24.4. The number of hydrogen-bond acceptors (Lipinski definition) is 4. The lowest BCUT2D eigenvalue weighted by Crippen LogP contribution is -2.45. The van der Waals surface area contributed by atoms with Gasteiger partial charge in [0.25, 0.3) is 5.91 Å². The monoisotopic (exact) mass is 472 g/mol. The van der Waals surface area contributed by atoms with Gasteiger partial charge in [-0.15, -0.1) is 0 Å². The molecule has 0 spiro atoms. The predicted molar refractivity (Wildman–Crippen MR) is 120 cm³/mol. The Morgan fingerprint density at radius 3 is 2.65 bits per heavy atom. The van der Waals surface area contributed by atoms with Crippen LogP contribution in [0.1, 0.15) is 57.1 Å². The number of carbonyl (C=O) groups is 1. The number of amides is 1. The number of benzene rings is 1. The molecule has 1 aromatic carbocycles. The van der Waals surface area contributed by atoms with Crippen molar-refractivity contribution in [1.29, 1.82) is 0 Å². The highest BCUT2D eigenvalue weighted by Crippen LogP contribution is 2.51. The number of fused-ring (bicyclic) bond motifs is 4. The SMILES string of the molecule is Cc1nn(C)c(C)c1CN(C)C(=O)c1cc2n(n1)C(C(F)(F)F)C1CCc3ccccc3C1N2. The fourth-order valence-electron chi connectivity index (χ4n) is 5.40. The standard InChI is InChI=1S/C24H27F3N6O/c1-13-18(14(2)32(4)29-13)12-31(3)23(34)19-11-20-28-21-16-8-6-5-7-15(16)9-10-17(21)22(24(25,26)27)33(20)30-19/h5-8,11,17,21-22,28H,9-10,12H2,1-4H3. The van der Waals surface area contributed by atoms with Gasteiger partial charge in [-0.05, 0) is 37.8 Å². The van der Waals surface area contributed by atoms with Crippen molar-refractivity contribution in [3.05, 3.63) is 64.1 Å². The molecule has 0 saturated carbocycles. The van der Waals surface area contributed by atoms with E-state index in [9.17, 15) is 18.0 Å². The maximum Gasteiger partial charge on any atom is 0.411 e. The van der Waals surface area contributed by atoms with Gasteiger partial charge >= 0.3 is 6.18 Å². The van der Waals surface area contributed by atoms with Crippen LogP contribution in [0.25, 0.3) is 0 Å². The van der Waals surface area contributed by atoms with Gasteiger partial charge in [0.15, 0.2) is 11.7 Å². The molecule has 3 heterocycles. The van der Waals surface area contributed by atoms with Crippen LogP contribution in [0.4, 0.5) is 19.0 Å². The molecule has 7 nitrogen and oxygen atoms in total. The van der Waals surface area contributed by atoms with Gasteiger partial charge in [-0.25, -0.2) is 4.68 Å². The first-order chi connectivity index (χ1) is 16.1. The van der Waals surface area contributed by atoms with Crippen LogP contribution >= 0.6 is 0 Å². The highest BCUT2D eigenvalue weighted by molar-refractivity contribution is 5.93. The summed E-state index contributed by atoms with van der Waals surface area (Å²) in [5.41, 5.74) is 4.59. The van der Waals surface area contributed by atoms with Crippen LogP contribution in [-0.4, -0.2) is 43.6 Å². The molecule has 3 atom stereocenters. The number of carbonyl (C=O) groups excluding carboxylic acids is 1. The summed E-state index contributed by atoms with van der Waals surface area (Å²) in [6, 6.07) is 6.77. The lowest BCUT2D eigenvalue weighted by molar-refractivity contribution is -0.188. The number of hydrogen-bond donors (Lipinski definition) is 1. The number of aromatic nitrogens is 4. The first-order valence-corrected chi connectivity index (χ1v) is 11.3. The molecule has 0 radical (unpaired) electrons. The van der Waals surface area contributed by atoms with Crippen LogP contribution in [0, 0.1) is 19.8 Å². The van der Waals surface area contributed by atoms with E-state index in [2.05, 4.69) is 15.5 Å². The Labute approximate surface area is 195 Å². The van der Waals surface area contributed by atoms with Gasteiger partial charge in [0.05, 0.1) is 11.7 Å². The van der Waals surface area contributed by atoms with Gasteiger partial charge in [0.1, 0.15) is 5.82 Å². The predicted octanol–water partition coefficient (Wildman–Crippen LogP) is 4.34. The van der Waals surface area contributed by atoms with Crippen molar-refractivity contribution >= 4 is 11.7 Å². The van der Waals surface area contributed by atoms with Gasteiger partial charge in [-0.2, -0.15) is 23.4 Å². The number of nitrogens with one attached hydrogen (secondary N) is 1. The molecule has 2 aliphatic rings. The van der Waals surface area contributed by atoms with Crippen molar-refractivity contribution in [2.24, 2.45) is 13.0 Å². The highest BCUT2D eigenvalue weighted by Gasteiger charge is 2.54. The number of aryl methyl sites for hydroxylation is 3. The van der Waals surface area contributed by atoms with Gasteiger partial charge in [0.2, 0.25) is 0 Å². The third-order valence-corrected chi connectivity index (χ3v) is 7.23. The van der Waals surface area contributed by atoms with Crippen LogP contribution in [0.5, 0.6) is 0 Å². The van der Waals surface area contributed by atoms with Crippen molar-refractivity contribution in [2.45, 2.75) is 51.5 Å². The first-order valence-electron chi connectivity index (χ1n) is 11.3.